The number of aryl methyl sites for hydroxylation is 1. The normalized spacial score (nSPS) is 16.5. The first-order valence-electron chi connectivity index (χ1n) is 3.74. The Labute approximate surface area is 70.0 Å². The zero-order chi connectivity index (χ0) is 7.84. The molecule has 1 aliphatic rings. The molecule has 2 heterocycles. The molecule has 1 aromatic heterocycles. The zero-order valence-corrected chi connectivity index (χ0v) is 7.32. The molecule has 0 bridgehead atoms. The maximum absolute atomic E-state index is 5.81. The third-order valence-corrected chi connectivity index (χ3v) is 2.98. The Morgan fingerprint density at radius 1 is 1.64 bits per heavy atom. The van der Waals surface area contributed by atoms with E-state index in [-0.39, 0.29) is 0 Å². The Balaban J connectivity index is 2.50. The van der Waals surface area contributed by atoms with Crippen LogP contribution in [0.5, 0.6) is 0 Å². The molecule has 2 rings (SSSR count). The molecule has 0 unspecified atom stereocenters. The van der Waals surface area contributed by atoms with Crippen molar-refractivity contribution in [2.24, 2.45) is 0 Å². The molecule has 4 heteroatoms. The van der Waals surface area contributed by atoms with Crippen LogP contribution >= 0.6 is 11.8 Å². The van der Waals surface area contributed by atoms with E-state index in [4.69, 9.17) is 5.73 Å². The highest BCUT2D eigenvalue weighted by Crippen LogP contribution is 2.27. The van der Waals surface area contributed by atoms with Gasteiger partial charge in [0.1, 0.15) is 5.82 Å². The number of fused-ring (bicyclic) bond motifs is 1. The maximum atomic E-state index is 5.81. The number of hydrogen-bond donors (Lipinski definition) is 1. The first-order chi connectivity index (χ1) is 5.29. The average molecular weight is 169 g/mol. The van der Waals surface area contributed by atoms with Gasteiger partial charge in [0.05, 0.1) is 5.69 Å². The second kappa shape index (κ2) is 2.44. The van der Waals surface area contributed by atoms with E-state index in [1.165, 1.54) is 12.2 Å². The number of nitrogens with two attached hydrogens (primary N) is 1. The van der Waals surface area contributed by atoms with Gasteiger partial charge in [0, 0.05) is 12.3 Å². The van der Waals surface area contributed by atoms with Crippen molar-refractivity contribution in [3.63, 3.8) is 0 Å². The number of hydrogen-bond acceptors (Lipinski definition) is 3. The van der Waals surface area contributed by atoms with E-state index in [0.29, 0.717) is 0 Å². The van der Waals surface area contributed by atoms with Gasteiger partial charge in [-0.1, -0.05) is 11.8 Å². The summed E-state index contributed by atoms with van der Waals surface area (Å²) in [6.07, 6.45) is 1.21. The van der Waals surface area contributed by atoms with Crippen molar-refractivity contribution >= 4 is 17.6 Å². The van der Waals surface area contributed by atoms with E-state index < -0.39 is 0 Å². The minimum absolute atomic E-state index is 0.840. The fourth-order valence-electron chi connectivity index (χ4n) is 1.27. The third-order valence-electron chi connectivity index (χ3n) is 1.91. The number of nitrogen functional groups attached to an aromatic ring is 1. The monoisotopic (exact) mass is 169 g/mol. The molecule has 0 spiro atoms. The molecule has 0 radical (unpaired) electrons. The summed E-state index contributed by atoms with van der Waals surface area (Å²) in [5, 5.41) is 1.09. The Bertz CT molecular complexity index is 279. The lowest BCUT2D eigenvalue weighted by Gasteiger charge is -2.13. The molecule has 60 valence electrons. The molecule has 0 aliphatic carbocycles. The van der Waals surface area contributed by atoms with E-state index in [2.05, 4.69) is 9.55 Å². The molecule has 3 nitrogen and oxygen atoms in total. The van der Waals surface area contributed by atoms with E-state index in [1.54, 1.807) is 11.8 Å². The van der Waals surface area contributed by atoms with E-state index >= 15 is 0 Å². The largest absolute Gasteiger partial charge is 0.384 e. The van der Waals surface area contributed by atoms with Crippen molar-refractivity contribution in [2.45, 2.75) is 25.0 Å². The molecule has 0 atom stereocenters. The van der Waals surface area contributed by atoms with Gasteiger partial charge in [-0.3, -0.25) is 0 Å². The van der Waals surface area contributed by atoms with Gasteiger partial charge in [-0.15, -0.1) is 0 Å². The topological polar surface area (TPSA) is 43.8 Å². The zero-order valence-electron chi connectivity index (χ0n) is 6.50. The van der Waals surface area contributed by atoms with Crippen LogP contribution in [-0.4, -0.2) is 15.3 Å². The van der Waals surface area contributed by atoms with E-state index in [1.807, 2.05) is 6.92 Å². The lowest BCUT2D eigenvalue weighted by Crippen LogP contribution is -2.09. The van der Waals surface area contributed by atoms with Gasteiger partial charge in [-0.2, -0.15) is 0 Å². The lowest BCUT2D eigenvalue weighted by atomic mass is 10.4. The summed E-state index contributed by atoms with van der Waals surface area (Å²) in [6, 6.07) is 0. The van der Waals surface area contributed by atoms with Gasteiger partial charge in [0.15, 0.2) is 5.16 Å². The first-order valence-corrected chi connectivity index (χ1v) is 4.73. The molecule has 1 aliphatic heterocycles. The number of nitrogens with zero attached hydrogens (tertiary/aromatic N) is 2. The van der Waals surface area contributed by atoms with Crippen LogP contribution in [0.4, 0.5) is 5.82 Å². The van der Waals surface area contributed by atoms with Crippen LogP contribution in [0.1, 0.15) is 12.1 Å². The van der Waals surface area contributed by atoms with Crippen molar-refractivity contribution in [3.8, 4) is 0 Å². The second-order valence-corrected chi connectivity index (χ2v) is 3.78. The number of rotatable bonds is 0. The van der Waals surface area contributed by atoms with Crippen molar-refractivity contribution < 1.29 is 0 Å². The van der Waals surface area contributed by atoms with Crippen LogP contribution < -0.4 is 5.73 Å². The van der Waals surface area contributed by atoms with Gasteiger partial charge < -0.3 is 10.3 Å². The molecule has 0 saturated heterocycles. The fraction of sp³-hybridized carbons (Fsp3) is 0.571. The number of thioether (sulfide) groups is 1. The van der Waals surface area contributed by atoms with Gasteiger partial charge in [0.2, 0.25) is 0 Å². The van der Waals surface area contributed by atoms with Crippen LogP contribution in [-0.2, 0) is 6.54 Å². The van der Waals surface area contributed by atoms with Crippen LogP contribution in [0.25, 0.3) is 0 Å². The van der Waals surface area contributed by atoms with Crippen molar-refractivity contribution in [2.75, 3.05) is 11.5 Å². The van der Waals surface area contributed by atoms with Crippen LogP contribution in [0.15, 0.2) is 5.16 Å². The molecule has 2 N–H and O–H groups in total. The van der Waals surface area contributed by atoms with Crippen molar-refractivity contribution in [1.29, 1.82) is 0 Å². The number of imidazole rings is 1. The van der Waals surface area contributed by atoms with Crippen molar-refractivity contribution in [3.05, 3.63) is 5.69 Å². The molecular weight excluding hydrogens is 158 g/mol. The maximum Gasteiger partial charge on any atom is 0.169 e. The van der Waals surface area contributed by atoms with Crippen LogP contribution in [0.3, 0.4) is 0 Å². The molecule has 0 amide bonds. The minimum atomic E-state index is 0.840. The Hall–Kier alpha value is -0.640. The van der Waals surface area contributed by atoms with Crippen LogP contribution in [0.2, 0.25) is 0 Å². The first kappa shape index (κ1) is 7.03. The Morgan fingerprint density at radius 2 is 2.45 bits per heavy atom. The summed E-state index contributed by atoms with van der Waals surface area (Å²) in [6.45, 7) is 3.00. The molecule has 1 aromatic rings. The predicted octanol–water partition coefficient (Wildman–Crippen LogP) is 1.27. The standard InChI is InChI=1S/C7H11N3S/c1-5-6(8)10-3-2-4-11-7(10)9-5/h2-4,8H2,1H3. The van der Waals surface area contributed by atoms with Gasteiger partial charge in [0.25, 0.3) is 0 Å². The average Bonchev–Trinajstić information content (AvgIpc) is 2.30. The second-order valence-electron chi connectivity index (χ2n) is 2.72. The Kier molecular flexibility index (Phi) is 1.56. The molecular formula is C7H11N3S. The van der Waals surface area contributed by atoms with Crippen LogP contribution in [0, 0.1) is 6.92 Å². The van der Waals surface area contributed by atoms with E-state index in [9.17, 15) is 0 Å². The highest BCUT2D eigenvalue weighted by molar-refractivity contribution is 7.99. The quantitative estimate of drug-likeness (QED) is 0.636. The fourth-order valence-corrected chi connectivity index (χ4v) is 2.27. The SMILES string of the molecule is Cc1nc2n(c1N)CCCS2. The molecule has 11 heavy (non-hydrogen) atoms. The third kappa shape index (κ3) is 1.01. The summed E-state index contributed by atoms with van der Waals surface area (Å²) in [5.74, 6) is 2.02. The molecule has 0 saturated carbocycles. The summed E-state index contributed by atoms with van der Waals surface area (Å²) >= 11 is 1.80. The molecule has 0 fully saturated rings. The van der Waals surface area contributed by atoms with Crippen molar-refractivity contribution in [1.82, 2.24) is 9.55 Å². The van der Waals surface area contributed by atoms with Gasteiger partial charge in [-0.05, 0) is 13.3 Å². The summed E-state index contributed by atoms with van der Waals surface area (Å²) in [5.41, 5.74) is 6.78. The summed E-state index contributed by atoms with van der Waals surface area (Å²) < 4.78 is 2.10. The number of anilines is 1. The molecule has 0 aromatic carbocycles. The Morgan fingerprint density at radius 3 is 3.18 bits per heavy atom. The summed E-state index contributed by atoms with van der Waals surface area (Å²) in [7, 11) is 0. The predicted molar refractivity (Wildman–Crippen MR) is 46.7 cm³/mol. The lowest BCUT2D eigenvalue weighted by molar-refractivity contribution is 0.614. The highest BCUT2D eigenvalue weighted by atomic mass is 32.2. The summed E-state index contributed by atoms with van der Waals surface area (Å²) in [4.78, 5) is 4.35. The van der Waals surface area contributed by atoms with Gasteiger partial charge >= 0.3 is 0 Å². The smallest absolute Gasteiger partial charge is 0.169 e. The number of aromatic nitrogens is 2. The minimum Gasteiger partial charge on any atom is -0.384 e. The highest BCUT2D eigenvalue weighted by Gasteiger charge is 2.15. The van der Waals surface area contributed by atoms with E-state index in [0.717, 1.165) is 23.2 Å². The van der Waals surface area contributed by atoms with Gasteiger partial charge in [-0.25, -0.2) is 4.98 Å².